The van der Waals surface area contributed by atoms with Crippen LogP contribution in [0.2, 0.25) is 0 Å². The molecule has 0 aromatic carbocycles. The minimum atomic E-state index is -0.159. The Morgan fingerprint density at radius 2 is 1.57 bits per heavy atom. The Morgan fingerprint density at radius 1 is 1.07 bits per heavy atom. The van der Waals surface area contributed by atoms with Gasteiger partial charge in [-0.25, -0.2) is 0 Å². The molecule has 0 heterocycles. The Balaban J connectivity index is 1.98. The SMILES string of the molecule is CNC1(C#N)C2CC3CC(C2)CC1C3. The van der Waals surface area contributed by atoms with E-state index in [4.69, 9.17) is 0 Å². The Labute approximate surface area is 85.7 Å². The van der Waals surface area contributed by atoms with Crippen molar-refractivity contribution in [1.82, 2.24) is 5.32 Å². The van der Waals surface area contributed by atoms with Crippen LogP contribution in [0.15, 0.2) is 0 Å². The summed E-state index contributed by atoms with van der Waals surface area (Å²) < 4.78 is 0. The van der Waals surface area contributed by atoms with Crippen molar-refractivity contribution < 1.29 is 0 Å². The second kappa shape index (κ2) is 2.73. The Morgan fingerprint density at radius 3 is 1.93 bits per heavy atom. The summed E-state index contributed by atoms with van der Waals surface area (Å²) in [4.78, 5) is 0. The van der Waals surface area contributed by atoms with E-state index in [0.29, 0.717) is 11.8 Å². The van der Waals surface area contributed by atoms with E-state index in [1.807, 2.05) is 7.05 Å². The summed E-state index contributed by atoms with van der Waals surface area (Å²) in [6, 6.07) is 2.60. The van der Waals surface area contributed by atoms with Gasteiger partial charge in [-0.2, -0.15) is 5.26 Å². The van der Waals surface area contributed by atoms with Gasteiger partial charge in [0.25, 0.3) is 0 Å². The van der Waals surface area contributed by atoms with Crippen LogP contribution in [-0.2, 0) is 0 Å². The fourth-order valence-electron chi connectivity index (χ4n) is 4.57. The average Bonchev–Trinajstić information content (AvgIpc) is 2.18. The number of nitriles is 1. The molecule has 0 amide bonds. The van der Waals surface area contributed by atoms with E-state index in [2.05, 4.69) is 11.4 Å². The number of nitrogens with one attached hydrogen (secondary N) is 1. The molecule has 0 spiro atoms. The fraction of sp³-hybridized carbons (Fsp3) is 0.917. The Kier molecular flexibility index (Phi) is 1.70. The van der Waals surface area contributed by atoms with Gasteiger partial charge < -0.3 is 5.32 Å². The molecule has 0 aliphatic heterocycles. The first-order valence-electron chi connectivity index (χ1n) is 5.88. The molecular formula is C12H18N2. The Hall–Kier alpha value is -0.550. The van der Waals surface area contributed by atoms with Crippen molar-refractivity contribution >= 4 is 0 Å². The molecule has 4 bridgehead atoms. The van der Waals surface area contributed by atoms with Gasteiger partial charge in [-0.1, -0.05) is 0 Å². The molecule has 0 atom stereocenters. The third-order valence-electron chi connectivity index (χ3n) is 5.02. The van der Waals surface area contributed by atoms with Crippen molar-refractivity contribution in [3.63, 3.8) is 0 Å². The standard InChI is InChI=1S/C12H18N2/c1-14-12(7-13)10-3-8-2-9(5-10)6-11(12)4-8/h8-11,14H,2-6H2,1H3. The molecule has 1 N–H and O–H groups in total. The van der Waals surface area contributed by atoms with Gasteiger partial charge in [0.05, 0.1) is 6.07 Å². The largest absolute Gasteiger partial charge is 0.302 e. The molecule has 4 fully saturated rings. The number of hydrogen-bond donors (Lipinski definition) is 1. The first-order chi connectivity index (χ1) is 6.78. The van der Waals surface area contributed by atoms with Crippen molar-refractivity contribution in [1.29, 1.82) is 5.26 Å². The summed E-state index contributed by atoms with van der Waals surface area (Å²) in [5, 5.41) is 12.8. The second-order valence-electron chi connectivity index (χ2n) is 5.54. The van der Waals surface area contributed by atoms with Crippen LogP contribution >= 0.6 is 0 Å². The minimum Gasteiger partial charge on any atom is -0.302 e. The predicted molar refractivity (Wildman–Crippen MR) is 54.4 cm³/mol. The third-order valence-corrected chi connectivity index (χ3v) is 5.02. The van der Waals surface area contributed by atoms with Crippen LogP contribution in [0.1, 0.15) is 32.1 Å². The van der Waals surface area contributed by atoms with Gasteiger partial charge in [0.2, 0.25) is 0 Å². The summed E-state index contributed by atoms with van der Waals surface area (Å²) in [6.45, 7) is 0. The van der Waals surface area contributed by atoms with Crippen LogP contribution in [0.4, 0.5) is 0 Å². The molecule has 0 saturated heterocycles. The van der Waals surface area contributed by atoms with Gasteiger partial charge in [0.15, 0.2) is 0 Å². The fourth-order valence-corrected chi connectivity index (χ4v) is 4.57. The van der Waals surface area contributed by atoms with E-state index < -0.39 is 0 Å². The smallest absolute Gasteiger partial charge is 0.112 e. The van der Waals surface area contributed by atoms with Crippen molar-refractivity contribution in [2.75, 3.05) is 7.05 Å². The van der Waals surface area contributed by atoms with E-state index in [0.717, 1.165) is 11.8 Å². The van der Waals surface area contributed by atoms with Crippen LogP contribution in [0.3, 0.4) is 0 Å². The highest BCUT2D eigenvalue weighted by molar-refractivity contribution is 5.20. The molecule has 0 unspecified atom stereocenters. The molecule has 76 valence electrons. The first kappa shape index (κ1) is 8.73. The molecular weight excluding hydrogens is 172 g/mol. The van der Waals surface area contributed by atoms with Crippen molar-refractivity contribution in [3.8, 4) is 6.07 Å². The third kappa shape index (κ3) is 0.892. The number of nitrogens with zero attached hydrogens (tertiary/aromatic N) is 1. The number of rotatable bonds is 1. The average molecular weight is 190 g/mol. The lowest BCUT2D eigenvalue weighted by Gasteiger charge is -2.58. The lowest BCUT2D eigenvalue weighted by molar-refractivity contribution is -0.0434. The maximum absolute atomic E-state index is 9.44. The zero-order valence-corrected chi connectivity index (χ0v) is 8.79. The molecule has 0 radical (unpaired) electrons. The molecule has 2 nitrogen and oxygen atoms in total. The van der Waals surface area contributed by atoms with Crippen LogP contribution in [-0.4, -0.2) is 12.6 Å². The summed E-state index contributed by atoms with van der Waals surface area (Å²) >= 11 is 0. The van der Waals surface area contributed by atoms with Crippen molar-refractivity contribution in [3.05, 3.63) is 0 Å². The highest BCUT2D eigenvalue weighted by Gasteiger charge is 2.56. The minimum absolute atomic E-state index is 0.159. The summed E-state index contributed by atoms with van der Waals surface area (Å²) in [6.07, 6.45) is 6.68. The lowest BCUT2D eigenvalue weighted by Crippen LogP contribution is -2.63. The zero-order valence-electron chi connectivity index (χ0n) is 8.79. The number of hydrogen-bond acceptors (Lipinski definition) is 2. The second-order valence-corrected chi connectivity index (χ2v) is 5.54. The zero-order chi connectivity index (χ0) is 9.76. The maximum Gasteiger partial charge on any atom is 0.112 e. The summed E-state index contributed by atoms with van der Waals surface area (Å²) in [5.41, 5.74) is -0.159. The molecule has 14 heavy (non-hydrogen) atoms. The topological polar surface area (TPSA) is 35.8 Å². The molecule has 0 aromatic heterocycles. The van der Waals surface area contributed by atoms with E-state index in [1.54, 1.807) is 0 Å². The first-order valence-corrected chi connectivity index (χ1v) is 5.88. The Bertz CT molecular complexity index is 261. The van der Waals surface area contributed by atoms with Crippen LogP contribution < -0.4 is 5.32 Å². The maximum atomic E-state index is 9.44. The van der Waals surface area contributed by atoms with Gasteiger partial charge in [-0.3, -0.25) is 0 Å². The van der Waals surface area contributed by atoms with Gasteiger partial charge in [-0.15, -0.1) is 0 Å². The molecule has 4 aliphatic rings. The van der Waals surface area contributed by atoms with Crippen LogP contribution in [0, 0.1) is 35.0 Å². The van der Waals surface area contributed by atoms with Crippen LogP contribution in [0.5, 0.6) is 0 Å². The highest BCUT2D eigenvalue weighted by Crippen LogP contribution is 2.57. The lowest BCUT2D eigenvalue weighted by atomic mass is 9.49. The van der Waals surface area contributed by atoms with Gasteiger partial charge in [0.1, 0.15) is 5.54 Å². The predicted octanol–water partition coefficient (Wildman–Crippen LogP) is 1.92. The molecule has 4 rings (SSSR count). The van der Waals surface area contributed by atoms with Gasteiger partial charge in [-0.05, 0) is 62.8 Å². The van der Waals surface area contributed by atoms with E-state index in [9.17, 15) is 5.26 Å². The summed E-state index contributed by atoms with van der Waals surface area (Å²) in [5.74, 6) is 3.20. The highest BCUT2D eigenvalue weighted by atomic mass is 15.0. The van der Waals surface area contributed by atoms with Crippen molar-refractivity contribution in [2.24, 2.45) is 23.7 Å². The van der Waals surface area contributed by atoms with Gasteiger partial charge >= 0.3 is 0 Å². The van der Waals surface area contributed by atoms with Gasteiger partial charge in [0, 0.05) is 0 Å². The monoisotopic (exact) mass is 190 g/mol. The van der Waals surface area contributed by atoms with E-state index in [-0.39, 0.29) is 5.54 Å². The molecule has 2 heteroatoms. The molecule has 0 aromatic rings. The summed E-state index contributed by atoms with van der Waals surface area (Å²) in [7, 11) is 1.98. The van der Waals surface area contributed by atoms with Crippen molar-refractivity contribution in [2.45, 2.75) is 37.6 Å². The van der Waals surface area contributed by atoms with E-state index in [1.165, 1.54) is 32.1 Å². The molecule has 4 saturated carbocycles. The van der Waals surface area contributed by atoms with E-state index >= 15 is 0 Å². The quantitative estimate of drug-likeness (QED) is 0.685. The molecule has 4 aliphatic carbocycles. The van der Waals surface area contributed by atoms with Crippen LogP contribution in [0.25, 0.3) is 0 Å². The normalized spacial score (nSPS) is 54.6.